The van der Waals surface area contributed by atoms with Crippen LogP contribution in [0.15, 0.2) is 48.7 Å². The third kappa shape index (κ3) is 4.67. The van der Waals surface area contributed by atoms with Gasteiger partial charge in [-0.2, -0.15) is 0 Å². The first-order valence-corrected chi connectivity index (χ1v) is 14.1. The third-order valence-corrected chi connectivity index (χ3v) is 9.02. The highest BCUT2D eigenvalue weighted by molar-refractivity contribution is 7.11. The number of benzene rings is 2. The highest BCUT2D eigenvalue weighted by Crippen LogP contribution is 2.52. The van der Waals surface area contributed by atoms with Gasteiger partial charge in [0, 0.05) is 22.6 Å². The maximum atomic E-state index is 13.6. The quantitative estimate of drug-likeness (QED) is 0.284. The van der Waals surface area contributed by atoms with Crippen molar-refractivity contribution >= 4 is 28.7 Å². The molecule has 5 nitrogen and oxygen atoms in total. The summed E-state index contributed by atoms with van der Waals surface area (Å²) in [5.41, 5.74) is 1.73. The Morgan fingerprint density at radius 3 is 2.75 bits per heavy atom. The Morgan fingerprint density at radius 2 is 2.00 bits per heavy atom. The molecular weight excluding hydrogens is 492 g/mol. The molecule has 1 aliphatic heterocycles. The van der Waals surface area contributed by atoms with Crippen LogP contribution in [0.1, 0.15) is 66.1 Å². The second kappa shape index (κ2) is 9.81. The van der Waals surface area contributed by atoms with E-state index in [1.807, 2.05) is 36.5 Å². The molecule has 6 rings (SSSR count). The minimum atomic E-state index is -0.421. The second-order valence-electron chi connectivity index (χ2n) is 10.3. The zero-order chi connectivity index (χ0) is 24.7. The molecule has 0 bridgehead atoms. The number of carbonyl (C=O) groups is 1. The molecule has 2 saturated carbocycles. The molecule has 188 valence electrons. The second-order valence-corrected chi connectivity index (χ2v) is 11.8. The van der Waals surface area contributed by atoms with Gasteiger partial charge in [-0.15, -0.1) is 11.3 Å². The number of nitrogens with zero attached hydrogens (tertiary/aromatic N) is 2. The predicted molar refractivity (Wildman–Crippen MR) is 142 cm³/mol. The van der Waals surface area contributed by atoms with E-state index >= 15 is 0 Å². The Bertz CT molecular complexity index is 1270. The molecule has 2 aliphatic carbocycles. The van der Waals surface area contributed by atoms with Crippen molar-refractivity contribution in [2.24, 2.45) is 5.92 Å². The van der Waals surface area contributed by atoms with Gasteiger partial charge in [0.1, 0.15) is 10.8 Å². The summed E-state index contributed by atoms with van der Waals surface area (Å²) in [5, 5.41) is 1.66. The number of fused-ring (bicyclic) bond motifs is 1. The number of halogens is 1. The van der Waals surface area contributed by atoms with Crippen LogP contribution in [0.5, 0.6) is 11.5 Å². The highest BCUT2D eigenvalue weighted by Gasteiger charge is 2.51. The Kier molecular flexibility index (Phi) is 6.53. The van der Waals surface area contributed by atoms with Crippen LogP contribution in [0.25, 0.3) is 0 Å². The van der Waals surface area contributed by atoms with Crippen molar-refractivity contribution in [1.29, 1.82) is 0 Å². The maximum Gasteiger partial charge on any atom is 0.231 e. The number of aromatic nitrogens is 1. The lowest BCUT2D eigenvalue weighted by molar-refractivity contribution is -0.120. The fourth-order valence-electron chi connectivity index (χ4n) is 5.36. The van der Waals surface area contributed by atoms with Crippen LogP contribution in [0.2, 0.25) is 5.02 Å². The van der Waals surface area contributed by atoms with Gasteiger partial charge in [0.2, 0.25) is 6.79 Å². The van der Waals surface area contributed by atoms with Gasteiger partial charge in [-0.05, 0) is 73.9 Å². The van der Waals surface area contributed by atoms with Gasteiger partial charge in [-0.3, -0.25) is 9.69 Å². The lowest BCUT2D eigenvalue weighted by Crippen LogP contribution is -2.32. The number of rotatable bonds is 11. The molecule has 1 atom stereocenters. The van der Waals surface area contributed by atoms with Crippen LogP contribution in [0.4, 0.5) is 0 Å². The van der Waals surface area contributed by atoms with E-state index in [0.717, 1.165) is 75.8 Å². The minimum Gasteiger partial charge on any atom is -0.454 e. The van der Waals surface area contributed by atoms with Crippen LogP contribution < -0.4 is 9.47 Å². The molecule has 2 fully saturated rings. The molecule has 0 amide bonds. The Hall–Kier alpha value is -2.41. The molecule has 3 aromatic rings. The van der Waals surface area contributed by atoms with E-state index in [-0.39, 0.29) is 18.6 Å². The number of hydrogen-bond acceptors (Lipinski definition) is 6. The monoisotopic (exact) mass is 522 g/mol. The molecule has 1 aromatic heterocycles. The average Bonchev–Trinajstić information content (AvgIpc) is 3.78. The van der Waals surface area contributed by atoms with E-state index < -0.39 is 5.41 Å². The number of hydrogen-bond donors (Lipinski definition) is 0. The van der Waals surface area contributed by atoms with Crippen LogP contribution in [-0.4, -0.2) is 35.5 Å². The van der Waals surface area contributed by atoms with Crippen molar-refractivity contribution in [2.75, 3.05) is 19.9 Å². The third-order valence-electron chi connectivity index (χ3n) is 7.63. The molecule has 0 saturated heterocycles. The zero-order valence-electron chi connectivity index (χ0n) is 20.5. The Morgan fingerprint density at radius 1 is 1.19 bits per heavy atom. The topological polar surface area (TPSA) is 51.7 Å². The van der Waals surface area contributed by atoms with Gasteiger partial charge in [0.05, 0.1) is 17.9 Å². The standard InChI is InChI=1S/C29H31ClN2O3S/c1-2-13-32(17-19-7-8-19)28(21-5-3-4-6-22(21)30)25-16-31-27(36-25)15-26(33)29(11-12-29)20-9-10-23-24(14-20)35-18-34-23/h3-6,9-10,14,16,19,28H,2,7-8,11-13,15,17-18H2,1H3. The molecule has 0 N–H and O–H groups in total. The lowest BCUT2D eigenvalue weighted by atomic mass is 9.89. The maximum absolute atomic E-state index is 13.6. The molecule has 1 unspecified atom stereocenters. The highest BCUT2D eigenvalue weighted by atomic mass is 35.5. The summed E-state index contributed by atoms with van der Waals surface area (Å²) in [4.78, 5) is 22.0. The van der Waals surface area contributed by atoms with Gasteiger partial charge in [0.15, 0.2) is 11.5 Å². The van der Waals surface area contributed by atoms with E-state index in [1.54, 1.807) is 11.3 Å². The molecule has 0 spiro atoms. The van der Waals surface area contributed by atoms with Crippen LogP contribution in [0, 0.1) is 5.92 Å². The van der Waals surface area contributed by atoms with E-state index in [0.29, 0.717) is 6.42 Å². The molecule has 36 heavy (non-hydrogen) atoms. The van der Waals surface area contributed by atoms with E-state index in [9.17, 15) is 4.79 Å². The number of carbonyl (C=O) groups excluding carboxylic acids is 1. The van der Waals surface area contributed by atoms with Crippen LogP contribution >= 0.6 is 22.9 Å². The van der Waals surface area contributed by atoms with Crippen molar-refractivity contribution < 1.29 is 14.3 Å². The number of ether oxygens (including phenoxy) is 2. The van der Waals surface area contributed by atoms with Crippen molar-refractivity contribution in [3.63, 3.8) is 0 Å². The molecule has 0 radical (unpaired) electrons. The summed E-state index contributed by atoms with van der Waals surface area (Å²) in [7, 11) is 0. The summed E-state index contributed by atoms with van der Waals surface area (Å²) in [6.45, 7) is 4.55. The summed E-state index contributed by atoms with van der Waals surface area (Å²) in [6.07, 6.45) is 7.76. The first-order chi connectivity index (χ1) is 17.6. The zero-order valence-corrected chi connectivity index (χ0v) is 22.1. The van der Waals surface area contributed by atoms with E-state index in [1.165, 1.54) is 12.8 Å². The summed E-state index contributed by atoms with van der Waals surface area (Å²) in [6, 6.07) is 14.1. The minimum absolute atomic E-state index is 0.0596. The first kappa shape index (κ1) is 24.0. The van der Waals surface area contributed by atoms with Gasteiger partial charge in [-0.25, -0.2) is 4.98 Å². The SMILES string of the molecule is CCCN(CC1CC1)C(c1cnc(CC(=O)C2(c3ccc4c(c3)OCO4)CC2)s1)c1ccccc1Cl. The molecule has 2 aromatic carbocycles. The fourth-order valence-corrected chi connectivity index (χ4v) is 6.67. The lowest BCUT2D eigenvalue weighted by Gasteiger charge is -2.31. The molecular formula is C29H31ClN2O3S. The van der Waals surface area contributed by atoms with Gasteiger partial charge >= 0.3 is 0 Å². The van der Waals surface area contributed by atoms with E-state index in [2.05, 4.69) is 24.0 Å². The van der Waals surface area contributed by atoms with Crippen molar-refractivity contribution in [1.82, 2.24) is 9.88 Å². The molecule has 2 heterocycles. The average molecular weight is 523 g/mol. The van der Waals surface area contributed by atoms with E-state index in [4.69, 9.17) is 26.1 Å². The Balaban J connectivity index is 1.25. The smallest absolute Gasteiger partial charge is 0.231 e. The molecule has 7 heteroatoms. The largest absolute Gasteiger partial charge is 0.454 e. The van der Waals surface area contributed by atoms with Gasteiger partial charge in [0.25, 0.3) is 0 Å². The Labute approximate surface area is 221 Å². The van der Waals surface area contributed by atoms with Crippen molar-refractivity contribution in [2.45, 2.75) is 56.9 Å². The predicted octanol–water partition coefficient (Wildman–Crippen LogP) is 6.58. The summed E-state index contributed by atoms with van der Waals surface area (Å²) >= 11 is 8.37. The summed E-state index contributed by atoms with van der Waals surface area (Å²) < 4.78 is 11.0. The van der Waals surface area contributed by atoms with Gasteiger partial charge in [-0.1, -0.05) is 42.8 Å². The normalized spacial score (nSPS) is 18.4. The van der Waals surface area contributed by atoms with Crippen LogP contribution in [0.3, 0.4) is 0 Å². The summed E-state index contributed by atoms with van der Waals surface area (Å²) in [5.74, 6) is 2.49. The molecule has 3 aliphatic rings. The number of ketones is 1. The van der Waals surface area contributed by atoms with Crippen molar-refractivity contribution in [3.8, 4) is 11.5 Å². The van der Waals surface area contributed by atoms with Crippen LogP contribution in [-0.2, 0) is 16.6 Å². The fraction of sp³-hybridized carbons (Fsp3) is 0.448. The van der Waals surface area contributed by atoms with Gasteiger partial charge < -0.3 is 9.47 Å². The van der Waals surface area contributed by atoms with Crippen molar-refractivity contribution in [3.05, 3.63) is 74.7 Å². The number of thiazole rings is 1. The number of Topliss-reactive ketones (excluding diaryl/α,β-unsaturated/α-hetero) is 1. The first-order valence-electron chi connectivity index (χ1n) is 12.9.